The van der Waals surface area contributed by atoms with Gasteiger partial charge in [-0.2, -0.15) is 0 Å². The lowest BCUT2D eigenvalue weighted by Crippen LogP contribution is -2.38. The number of anilines is 1. The Kier molecular flexibility index (Phi) is 4.72. The van der Waals surface area contributed by atoms with Crippen LogP contribution in [-0.4, -0.2) is 44.8 Å². The maximum Gasteiger partial charge on any atom is 0.341 e. The lowest BCUT2D eigenvalue weighted by atomic mass is 10.1. The van der Waals surface area contributed by atoms with Gasteiger partial charge in [0.15, 0.2) is 20.7 Å². The minimum Gasteiger partial charge on any atom is -0.477 e. The van der Waals surface area contributed by atoms with Crippen molar-refractivity contribution >= 4 is 31.5 Å². The molecule has 11 heteroatoms. The normalized spacial score (nSPS) is 17.9. The van der Waals surface area contributed by atoms with Gasteiger partial charge in [-0.05, 0) is 43.7 Å². The van der Waals surface area contributed by atoms with Crippen LogP contribution >= 0.6 is 0 Å². The third kappa shape index (κ3) is 3.98. The van der Waals surface area contributed by atoms with Gasteiger partial charge in [0.25, 0.3) is 0 Å². The monoisotopic (exact) mass is 409 g/mol. The summed E-state index contributed by atoms with van der Waals surface area (Å²) in [5.41, 5.74) is -1.92. The highest BCUT2D eigenvalue weighted by Gasteiger charge is 2.42. The van der Waals surface area contributed by atoms with Crippen molar-refractivity contribution in [3.05, 3.63) is 29.3 Å². The number of carbonyl (C=O) groups is 1. The third-order valence-corrected chi connectivity index (χ3v) is 8.92. The lowest BCUT2D eigenvalue weighted by molar-refractivity contribution is 0.0686. The van der Waals surface area contributed by atoms with E-state index in [4.69, 9.17) is 5.11 Å². The van der Waals surface area contributed by atoms with Gasteiger partial charge in [-0.1, -0.05) is 0 Å². The molecule has 0 heterocycles. The van der Waals surface area contributed by atoms with Crippen LogP contribution in [-0.2, 0) is 19.9 Å². The van der Waals surface area contributed by atoms with Crippen LogP contribution in [0.5, 0.6) is 0 Å². The van der Waals surface area contributed by atoms with Crippen LogP contribution in [0.25, 0.3) is 0 Å². The average molecular weight is 409 g/mol. The first-order valence-corrected chi connectivity index (χ1v) is 11.4. The first-order chi connectivity index (χ1) is 12.0. The highest BCUT2D eigenvalue weighted by atomic mass is 32.3. The van der Waals surface area contributed by atoms with Crippen molar-refractivity contribution in [3.63, 3.8) is 0 Å². The Labute approximate surface area is 149 Å². The standard InChI is InChI=1S/C15H17F2NO6S2/c16-11-5-6-12(14(17)13(11)15(19)20)18(10-3-4-10)26(23,24)8-25(21,22)7-9-1-2-9/h5-6,9-10H,1-4,7-8H2,(H,19,20). The summed E-state index contributed by atoms with van der Waals surface area (Å²) in [6.07, 6.45) is 2.20. The molecule has 0 saturated heterocycles. The SMILES string of the molecule is O=C(O)c1c(F)ccc(N(C2CC2)S(=O)(=O)CS(=O)(=O)CC2CC2)c1F. The van der Waals surface area contributed by atoms with Crippen LogP contribution in [0, 0.1) is 17.6 Å². The molecule has 1 aromatic rings. The zero-order valence-electron chi connectivity index (χ0n) is 13.6. The fourth-order valence-electron chi connectivity index (χ4n) is 2.77. The highest BCUT2D eigenvalue weighted by Crippen LogP contribution is 2.38. The maximum atomic E-state index is 14.5. The van der Waals surface area contributed by atoms with E-state index >= 15 is 0 Å². The van der Waals surface area contributed by atoms with E-state index in [1.807, 2.05) is 0 Å². The van der Waals surface area contributed by atoms with E-state index in [1.54, 1.807) is 0 Å². The predicted molar refractivity (Wildman–Crippen MR) is 89.1 cm³/mol. The molecule has 144 valence electrons. The van der Waals surface area contributed by atoms with Crippen molar-refractivity contribution in [2.75, 3.05) is 15.1 Å². The smallest absolute Gasteiger partial charge is 0.341 e. The molecule has 0 amide bonds. The molecule has 0 bridgehead atoms. The van der Waals surface area contributed by atoms with Crippen molar-refractivity contribution in [1.82, 2.24) is 0 Å². The second-order valence-corrected chi connectivity index (χ2v) is 11.0. The summed E-state index contributed by atoms with van der Waals surface area (Å²) in [6.45, 7) is 0. The molecule has 2 aliphatic carbocycles. The number of halogens is 2. The second-order valence-electron chi connectivity index (χ2n) is 6.67. The van der Waals surface area contributed by atoms with E-state index in [0.29, 0.717) is 23.2 Å². The molecule has 0 radical (unpaired) electrons. The average Bonchev–Trinajstić information content (AvgIpc) is 3.35. The predicted octanol–water partition coefficient (Wildman–Crippen LogP) is 1.74. The van der Waals surface area contributed by atoms with Crippen LogP contribution in [0.3, 0.4) is 0 Å². The Morgan fingerprint density at radius 2 is 1.73 bits per heavy atom. The maximum absolute atomic E-state index is 14.5. The molecular weight excluding hydrogens is 392 g/mol. The highest BCUT2D eigenvalue weighted by molar-refractivity contribution is 8.08. The molecule has 2 aliphatic rings. The largest absolute Gasteiger partial charge is 0.477 e. The van der Waals surface area contributed by atoms with E-state index in [1.165, 1.54) is 0 Å². The molecule has 1 aromatic carbocycles. The number of sulfonamides is 1. The van der Waals surface area contributed by atoms with Gasteiger partial charge in [0, 0.05) is 6.04 Å². The van der Waals surface area contributed by atoms with Gasteiger partial charge in [0.2, 0.25) is 10.0 Å². The molecule has 3 rings (SSSR count). The number of benzene rings is 1. The summed E-state index contributed by atoms with van der Waals surface area (Å²) in [7, 11) is -8.40. The van der Waals surface area contributed by atoms with Crippen LogP contribution in [0.1, 0.15) is 36.0 Å². The van der Waals surface area contributed by atoms with E-state index in [0.717, 1.165) is 18.9 Å². The van der Waals surface area contributed by atoms with Gasteiger partial charge in [0.05, 0.1) is 11.4 Å². The zero-order chi connectivity index (χ0) is 19.3. The summed E-state index contributed by atoms with van der Waals surface area (Å²) in [4.78, 5) is 11.1. The topological polar surface area (TPSA) is 109 Å². The van der Waals surface area contributed by atoms with Gasteiger partial charge in [-0.3, -0.25) is 4.31 Å². The Morgan fingerprint density at radius 1 is 1.12 bits per heavy atom. The molecular formula is C15H17F2NO6S2. The molecule has 7 nitrogen and oxygen atoms in total. The number of hydrogen-bond donors (Lipinski definition) is 1. The molecule has 0 unspecified atom stereocenters. The number of carboxylic acid groups (broad SMARTS) is 1. The quantitative estimate of drug-likeness (QED) is 0.701. The molecule has 1 N–H and O–H groups in total. The third-order valence-electron chi connectivity index (χ3n) is 4.22. The fourth-order valence-corrected chi connectivity index (χ4v) is 7.58. The number of hydrogen-bond acceptors (Lipinski definition) is 5. The first kappa shape index (κ1) is 19.0. The van der Waals surface area contributed by atoms with Gasteiger partial charge in [-0.15, -0.1) is 0 Å². The Balaban J connectivity index is 2.00. The minimum absolute atomic E-state index is 0.0502. The summed E-state index contributed by atoms with van der Waals surface area (Å²) in [5.74, 6) is -5.06. The van der Waals surface area contributed by atoms with E-state index in [-0.39, 0.29) is 11.7 Å². The molecule has 0 aromatic heterocycles. The van der Waals surface area contributed by atoms with Gasteiger partial charge in [-0.25, -0.2) is 30.4 Å². The second kappa shape index (κ2) is 6.45. The number of nitrogens with zero attached hydrogens (tertiary/aromatic N) is 1. The molecule has 2 saturated carbocycles. The summed E-state index contributed by atoms with van der Waals surface area (Å²) in [6, 6.07) is 0.809. The van der Waals surface area contributed by atoms with Crippen LogP contribution < -0.4 is 4.31 Å². The summed E-state index contributed by atoms with van der Waals surface area (Å²) in [5, 5.41) is 7.77. The van der Waals surface area contributed by atoms with Gasteiger partial charge in [0.1, 0.15) is 11.4 Å². The molecule has 0 atom stereocenters. The van der Waals surface area contributed by atoms with E-state index in [9.17, 15) is 30.4 Å². The first-order valence-electron chi connectivity index (χ1n) is 7.95. The van der Waals surface area contributed by atoms with Gasteiger partial charge >= 0.3 is 5.97 Å². The van der Waals surface area contributed by atoms with E-state index in [2.05, 4.69) is 0 Å². The molecule has 26 heavy (non-hydrogen) atoms. The van der Waals surface area contributed by atoms with Crippen molar-refractivity contribution in [2.24, 2.45) is 5.92 Å². The van der Waals surface area contributed by atoms with Crippen molar-refractivity contribution in [2.45, 2.75) is 31.7 Å². The van der Waals surface area contributed by atoms with Crippen LogP contribution in [0.2, 0.25) is 0 Å². The van der Waals surface area contributed by atoms with E-state index < -0.39 is 59.8 Å². The van der Waals surface area contributed by atoms with Crippen molar-refractivity contribution in [3.8, 4) is 0 Å². The Morgan fingerprint density at radius 3 is 2.23 bits per heavy atom. The Hall–Kier alpha value is -1.75. The number of rotatable bonds is 8. The number of carboxylic acids is 1. The van der Waals surface area contributed by atoms with Gasteiger partial charge < -0.3 is 5.11 Å². The summed E-state index contributed by atoms with van der Waals surface area (Å²) >= 11 is 0. The number of aromatic carboxylic acids is 1. The minimum atomic E-state index is -4.48. The van der Waals surface area contributed by atoms with Crippen LogP contribution in [0.15, 0.2) is 12.1 Å². The van der Waals surface area contributed by atoms with Crippen molar-refractivity contribution in [1.29, 1.82) is 0 Å². The molecule has 2 fully saturated rings. The zero-order valence-corrected chi connectivity index (χ0v) is 15.2. The summed E-state index contributed by atoms with van der Waals surface area (Å²) < 4.78 is 78.4. The molecule has 0 aliphatic heterocycles. The molecule has 0 spiro atoms. The van der Waals surface area contributed by atoms with Crippen molar-refractivity contribution < 1.29 is 35.5 Å². The lowest BCUT2D eigenvalue weighted by Gasteiger charge is -2.25. The fraction of sp³-hybridized carbons (Fsp3) is 0.533. The van der Waals surface area contributed by atoms with Crippen LogP contribution in [0.4, 0.5) is 14.5 Å². The Bertz CT molecular complexity index is 953. The number of sulfone groups is 1.